The van der Waals surface area contributed by atoms with E-state index in [0.29, 0.717) is 17.6 Å². The smallest absolute Gasteiger partial charge is 0.265 e. The maximum absolute atomic E-state index is 12.4. The predicted molar refractivity (Wildman–Crippen MR) is 91.2 cm³/mol. The lowest BCUT2D eigenvalue weighted by molar-refractivity contribution is -0.114. The van der Waals surface area contributed by atoms with Gasteiger partial charge in [-0.05, 0) is 31.0 Å². The summed E-state index contributed by atoms with van der Waals surface area (Å²) in [4.78, 5) is 12.5. The van der Waals surface area contributed by atoms with Gasteiger partial charge in [-0.3, -0.25) is 4.79 Å². The maximum Gasteiger partial charge on any atom is 0.265 e. The lowest BCUT2D eigenvalue weighted by Crippen LogP contribution is -2.31. The van der Waals surface area contributed by atoms with Gasteiger partial charge < -0.3 is 0 Å². The number of aryl methyl sites for hydroxylation is 1. The molecule has 5 heteroatoms. The van der Waals surface area contributed by atoms with Crippen LogP contribution in [0.4, 0.5) is 0 Å². The molecule has 2 aromatic carbocycles. The van der Waals surface area contributed by atoms with E-state index in [4.69, 9.17) is 0 Å². The molecule has 2 rings (SSSR count). The molecule has 0 atom stereocenters. The van der Waals surface area contributed by atoms with Crippen LogP contribution in [0.5, 0.6) is 0 Å². The van der Waals surface area contributed by atoms with Crippen LogP contribution < -0.4 is 4.72 Å². The van der Waals surface area contributed by atoms with Crippen molar-refractivity contribution in [1.29, 1.82) is 0 Å². The van der Waals surface area contributed by atoms with Crippen molar-refractivity contribution in [2.45, 2.75) is 25.2 Å². The first-order chi connectivity index (χ1) is 10.9. The molecule has 0 radical (unpaired) electrons. The topological polar surface area (TPSA) is 63.2 Å². The Kier molecular flexibility index (Phi) is 5.34. The molecule has 0 spiro atoms. The average Bonchev–Trinajstić information content (AvgIpc) is 2.53. The van der Waals surface area contributed by atoms with Crippen LogP contribution in [-0.4, -0.2) is 14.3 Å². The largest absolute Gasteiger partial charge is 0.268 e. The van der Waals surface area contributed by atoms with Gasteiger partial charge in [-0.25, -0.2) is 13.1 Å². The molecule has 0 fully saturated rings. The fourth-order valence-corrected chi connectivity index (χ4v) is 3.08. The van der Waals surface area contributed by atoms with Crippen molar-refractivity contribution in [2.75, 3.05) is 0 Å². The molecule has 0 unspecified atom stereocenters. The van der Waals surface area contributed by atoms with E-state index in [1.165, 1.54) is 12.1 Å². The second-order valence-corrected chi connectivity index (χ2v) is 6.82. The zero-order valence-electron chi connectivity index (χ0n) is 13.1. The van der Waals surface area contributed by atoms with Crippen molar-refractivity contribution in [1.82, 2.24) is 4.72 Å². The number of amides is 1. The van der Waals surface area contributed by atoms with Crippen LogP contribution in [0.3, 0.4) is 0 Å². The van der Waals surface area contributed by atoms with Crippen molar-refractivity contribution in [2.24, 2.45) is 0 Å². The van der Waals surface area contributed by atoms with Gasteiger partial charge in [-0.2, -0.15) is 0 Å². The highest BCUT2D eigenvalue weighted by atomic mass is 32.2. The second-order valence-electron chi connectivity index (χ2n) is 5.14. The van der Waals surface area contributed by atoms with E-state index in [9.17, 15) is 13.2 Å². The fourth-order valence-electron chi connectivity index (χ4n) is 2.12. The lowest BCUT2D eigenvalue weighted by atomic mass is 10.0. The van der Waals surface area contributed by atoms with Gasteiger partial charge in [0.05, 0.1) is 4.90 Å². The number of carbonyl (C=O) groups is 1. The van der Waals surface area contributed by atoms with Crippen LogP contribution >= 0.6 is 0 Å². The summed E-state index contributed by atoms with van der Waals surface area (Å²) in [6, 6.07) is 15.4. The predicted octanol–water partition coefficient (Wildman–Crippen LogP) is 3.29. The Morgan fingerprint density at radius 1 is 1.04 bits per heavy atom. The third kappa shape index (κ3) is 4.29. The van der Waals surface area contributed by atoms with Gasteiger partial charge in [-0.1, -0.05) is 61.0 Å². The Labute approximate surface area is 136 Å². The number of carbonyl (C=O) groups excluding carboxylic acids is 1. The molecular formula is C18H19NO3S. The van der Waals surface area contributed by atoms with Crippen LogP contribution in [0.25, 0.3) is 5.57 Å². The number of sulfonamides is 1. The quantitative estimate of drug-likeness (QED) is 0.856. The van der Waals surface area contributed by atoms with Crippen LogP contribution in [0.2, 0.25) is 0 Å². The Hall–Kier alpha value is -2.40. The normalized spacial score (nSPS) is 12.0. The molecule has 1 N–H and O–H groups in total. The summed E-state index contributed by atoms with van der Waals surface area (Å²) in [7, 11) is -3.89. The third-order valence-corrected chi connectivity index (χ3v) is 4.64. The molecule has 0 aliphatic rings. The number of benzene rings is 2. The summed E-state index contributed by atoms with van der Waals surface area (Å²) in [5.74, 6) is -0.626. The van der Waals surface area contributed by atoms with Crippen molar-refractivity contribution in [3.63, 3.8) is 0 Å². The first-order valence-electron chi connectivity index (χ1n) is 7.33. The lowest BCUT2D eigenvalue weighted by Gasteiger charge is -2.10. The van der Waals surface area contributed by atoms with Crippen molar-refractivity contribution in [3.05, 3.63) is 71.8 Å². The van der Waals surface area contributed by atoms with Gasteiger partial charge in [0.15, 0.2) is 0 Å². The number of rotatable bonds is 5. The van der Waals surface area contributed by atoms with E-state index in [1.54, 1.807) is 42.5 Å². The Bertz CT molecular complexity index is 807. The zero-order valence-corrected chi connectivity index (χ0v) is 13.9. The van der Waals surface area contributed by atoms with Gasteiger partial charge in [0, 0.05) is 5.57 Å². The van der Waals surface area contributed by atoms with Crippen molar-refractivity contribution in [3.8, 4) is 0 Å². The van der Waals surface area contributed by atoms with Gasteiger partial charge in [-0.15, -0.1) is 0 Å². The SMILES string of the molecule is CC/C=C(/C(=O)NS(=O)(=O)c1ccc(C)cc1)c1ccccc1. The molecule has 0 bridgehead atoms. The van der Waals surface area contributed by atoms with Gasteiger partial charge in [0.1, 0.15) is 0 Å². The molecule has 23 heavy (non-hydrogen) atoms. The first kappa shape index (κ1) is 17.0. The van der Waals surface area contributed by atoms with E-state index in [1.807, 2.05) is 19.9 Å². The first-order valence-corrected chi connectivity index (χ1v) is 8.81. The molecule has 120 valence electrons. The zero-order chi connectivity index (χ0) is 16.9. The second kappa shape index (κ2) is 7.24. The molecule has 0 heterocycles. The molecule has 4 nitrogen and oxygen atoms in total. The number of hydrogen-bond donors (Lipinski definition) is 1. The summed E-state index contributed by atoms with van der Waals surface area (Å²) in [5.41, 5.74) is 1.99. The van der Waals surface area contributed by atoms with Gasteiger partial charge in [0.25, 0.3) is 15.9 Å². The van der Waals surface area contributed by atoms with Crippen LogP contribution in [0, 0.1) is 6.92 Å². The van der Waals surface area contributed by atoms with Crippen molar-refractivity contribution < 1.29 is 13.2 Å². The Morgan fingerprint density at radius 3 is 2.22 bits per heavy atom. The monoisotopic (exact) mass is 329 g/mol. The highest BCUT2D eigenvalue weighted by Crippen LogP contribution is 2.17. The summed E-state index contributed by atoms with van der Waals surface area (Å²) in [6.07, 6.45) is 2.34. The summed E-state index contributed by atoms with van der Waals surface area (Å²) in [6.45, 7) is 3.76. The van der Waals surface area contributed by atoms with Crippen LogP contribution in [-0.2, 0) is 14.8 Å². The maximum atomic E-state index is 12.4. The average molecular weight is 329 g/mol. The van der Waals surface area contributed by atoms with Crippen LogP contribution in [0.1, 0.15) is 24.5 Å². The Balaban J connectivity index is 2.28. The summed E-state index contributed by atoms with van der Waals surface area (Å²) < 4.78 is 26.8. The standard InChI is InChI=1S/C18H19NO3S/c1-3-7-17(15-8-5-4-6-9-15)18(20)19-23(21,22)16-12-10-14(2)11-13-16/h4-13H,3H2,1-2H3,(H,19,20)/b17-7+. The van der Waals surface area contributed by atoms with E-state index in [2.05, 4.69) is 4.72 Å². The molecule has 0 saturated carbocycles. The highest BCUT2D eigenvalue weighted by Gasteiger charge is 2.20. The minimum absolute atomic E-state index is 0.0698. The minimum Gasteiger partial charge on any atom is -0.268 e. The van der Waals surface area contributed by atoms with E-state index >= 15 is 0 Å². The van der Waals surface area contributed by atoms with Gasteiger partial charge >= 0.3 is 0 Å². The number of allylic oxidation sites excluding steroid dienone is 1. The van der Waals surface area contributed by atoms with E-state index in [-0.39, 0.29) is 4.90 Å². The molecule has 1 amide bonds. The molecule has 0 aromatic heterocycles. The summed E-state index contributed by atoms with van der Waals surface area (Å²) >= 11 is 0. The van der Waals surface area contributed by atoms with E-state index in [0.717, 1.165) is 5.56 Å². The van der Waals surface area contributed by atoms with E-state index < -0.39 is 15.9 Å². The molecule has 0 aliphatic heterocycles. The minimum atomic E-state index is -3.89. The molecule has 2 aromatic rings. The summed E-state index contributed by atoms with van der Waals surface area (Å²) in [5, 5.41) is 0. The molecular weight excluding hydrogens is 310 g/mol. The van der Waals surface area contributed by atoms with Crippen LogP contribution in [0.15, 0.2) is 65.6 Å². The molecule has 0 aliphatic carbocycles. The molecule has 0 saturated heterocycles. The fraction of sp³-hybridized carbons (Fsp3) is 0.167. The highest BCUT2D eigenvalue weighted by molar-refractivity contribution is 7.90. The third-order valence-electron chi connectivity index (χ3n) is 3.30. The number of nitrogens with one attached hydrogen (secondary N) is 1. The number of hydrogen-bond acceptors (Lipinski definition) is 3. The van der Waals surface area contributed by atoms with Crippen molar-refractivity contribution >= 4 is 21.5 Å². The Morgan fingerprint density at radius 2 is 1.65 bits per heavy atom. The van der Waals surface area contributed by atoms with Gasteiger partial charge in [0.2, 0.25) is 0 Å².